The predicted octanol–water partition coefficient (Wildman–Crippen LogP) is 4.07. The van der Waals surface area contributed by atoms with Crippen molar-refractivity contribution < 1.29 is 0 Å². The van der Waals surface area contributed by atoms with E-state index >= 15 is 0 Å². The molecule has 0 atom stereocenters. The van der Waals surface area contributed by atoms with Crippen LogP contribution in [0.3, 0.4) is 0 Å². The Morgan fingerprint density at radius 1 is 1.19 bits per heavy atom. The van der Waals surface area contributed by atoms with Gasteiger partial charge >= 0.3 is 0 Å². The highest BCUT2D eigenvalue weighted by atomic mass is 15.1. The minimum absolute atomic E-state index is 0.581. The van der Waals surface area contributed by atoms with Crippen LogP contribution in [0.4, 0.5) is 0 Å². The molecule has 0 saturated carbocycles. The quantitative estimate of drug-likeness (QED) is 0.760. The maximum atomic E-state index is 4.22. The standard InChI is InChI=1S/C19H30N2/c1-4-5-6-7-17-8-10-18(11-9-17)16(2)20-19-12-14-21(3)15-13-19/h8-11,19-20H,2,4-7,12-15H2,1,3H3. The van der Waals surface area contributed by atoms with Crippen molar-refractivity contribution in [3.8, 4) is 0 Å². The van der Waals surface area contributed by atoms with E-state index in [2.05, 4.69) is 55.0 Å². The number of nitrogens with zero attached hydrogens (tertiary/aromatic N) is 1. The van der Waals surface area contributed by atoms with Crippen LogP contribution in [0.2, 0.25) is 0 Å². The molecule has 2 heteroatoms. The van der Waals surface area contributed by atoms with Crippen LogP contribution in [0, 0.1) is 0 Å². The van der Waals surface area contributed by atoms with Crippen LogP contribution in [-0.2, 0) is 6.42 Å². The largest absolute Gasteiger partial charge is 0.382 e. The number of nitrogens with one attached hydrogen (secondary N) is 1. The van der Waals surface area contributed by atoms with Gasteiger partial charge in [-0.1, -0.05) is 50.6 Å². The molecule has 1 N–H and O–H groups in total. The molecule has 1 saturated heterocycles. The van der Waals surface area contributed by atoms with E-state index in [1.54, 1.807) is 0 Å². The molecule has 1 heterocycles. The molecule has 0 aromatic heterocycles. The lowest BCUT2D eigenvalue weighted by Crippen LogP contribution is -2.39. The second-order valence-corrected chi connectivity index (χ2v) is 6.35. The summed E-state index contributed by atoms with van der Waals surface area (Å²) >= 11 is 0. The Morgan fingerprint density at radius 2 is 1.86 bits per heavy atom. The molecule has 0 spiro atoms. The maximum Gasteiger partial charge on any atom is 0.0342 e. The Balaban J connectivity index is 1.82. The first-order valence-electron chi connectivity index (χ1n) is 8.42. The molecule has 2 nitrogen and oxygen atoms in total. The fourth-order valence-corrected chi connectivity index (χ4v) is 2.93. The molecule has 0 radical (unpaired) electrons. The van der Waals surface area contributed by atoms with Crippen LogP contribution in [0.25, 0.3) is 5.70 Å². The molecule has 0 unspecified atom stereocenters. The Hall–Kier alpha value is -1.28. The molecule has 1 aliphatic heterocycles. The molecule has 0 bridgehead atoms. The molecule has 1 aromatic rings. The van der Waals surface area contributed by atoms with Crippen molar-refractivity contribution in [2.24, 2.45) is 0 Å². The third-order valence-electron chi connectivity index (χ3n) is 4.47. The van der Waals surface area contributed by atoms with Crippen molar-refractivity contribution >= 4 is 5.70 Å². The highest BCUT2D eigenvalue weighted by Gasteiger charge is 2.16. The predicted molar refractivity (Wildman–Crippen MR) is 92.4 cm³/mol. The number of aryl methyl sites for hydroxylation is 1. The number of piperidine rings is 1. The molecule has 0 amide bonds. The van der Waals surface area contributed by atoms with E-state index in [0.717, 1.165) is 5.70 Å². The van der Waals surface area contributed by atoms with Gasteiger partial charge in [0.25, 0.3) is 0 Å². The smallest absolute Gasteiger partial charge is 0.0342 e. The van der Waals surface area contributed by atoms with Gasteiger partial charge in [0.15, 0.2) is 0 Å². The van der Waals surface area contributed by atoms with Crippen molar-refractivity contribution in [1.82, 2.24) is 10.2 Å². The zero-order chi connectivity index (χ0) is 15.1. The topological polar surface area (TPSA) is 15.3 Å². The van der Waals surface area contributed by atoms with Gasteiger partial charge in [-0.2, -0.15) is 0 Å². The molecule has 1 aliphatic rings. The summed E-state index contributed by atoms with van der Waals surface area (Å²) in [7, 11) is 2.20. The average Bonchev–Trinajstić information content (AvgIpc) is 2.50. The van der Waals surface area contributed by atoms with Crippen molar-refractivity contribution in [1.29, 1.82) is 0 Å². The summed E-state index contributed by atoms with van der Waals surface area (Å²) in [6.07, 6.45) is 7.53. The summed E-state index contributed by atoms with van der Waals surface area (Å²) < 4.78 is 0. The van der Waals surface area contributed by atoms with Gasteiger partial charge in [-0.15, -0.1) is 0 Å². The summed E-state index contributed by atoms with van der Waals surface area (Å²) in [5.74, 6) is 0. The van der Waals surface area contributed by atoms with Crippen LogP contribution in [0.15, 0.2) is 30.8 Å². The lowest BCUT2D eigenvalue weighted by Gasteiger charge is -2.30. The van der Waals surface area contributed by atoms with Crippen molar-refractivity contribution in [3.63, 3.8) is 0 Å². The van der Waals surface area contributed by atoms with E-state index < -0.39 is 0 Å². The fraction of sp³-hybridized carbons (Fsp3) is 0.579. The van der Waals surface area contributed by atoms with Gasteiger partial charge in [0.2, 0.25) is 0 Å². The van der Waals surface area contributed by atoms with Gasteiger partial charge < -0.3 is 10.2 Å². The molecule has 21 heavy (non-hydrogen) atoms. The Bertz CT molecular complexity index is 427. The van der Waals surface area contributed by atoms with Crippen LogP contribution < -0.4 is 5.32 Å². The van der Waals surface area contributed by atoms with Gasteiger partial charge in [0.1, 0.15) is 0 Å². The van der Waals surface area contributed by atoms with Crippen LogP contribution in [-0.4, -0.2) is 31.1 Å². The number of unbranched alkanes of at least 4 members (excludes halogenated alkanes) is 2. The van der Waals surface area contributed by atoms with E-state index in [-0.39, 0.29) is 0 Å². The highest BCUT2D eigenvalue weighted by Crippen LogP contribution is 2.16. The molecule has 1 aromatic carbocycles. The molecule has 1 fully saturated rings. The molecule has 0 aliphatic carbocycles. The zero-order valence-corrected chi connectivity index (χ0v) is 13.7. The molecular weight excluding hydrogens is 256 g/mol. The third kappa shape index (κ3) is 5.20. The van der Waals surface area contributed by atoms with E-state index in [4.69, 9.17) is 0 Å². The lowest BCUT2D eigenvalue weighted by molar-refractivity contribution is 0.245. The van der Waals surface area contributed by atoms with Crippen molar-refractivity contribution in [3.05, 3.63) is 42.0 Å². The van der Waals surface area contributed by atoms with Crippen LogP contribution >= 0.6 is 0 Å². The number of likely N-dealkylation sites (tertiary alicyclic amines) is 1. The number of hydrogen-bond donors (Lipinski definition) is 1. The Kier molecular flexibility index (Phi) is 6.31. The Labute approximate surface area is 130 Å². The second kappa shape index (κ2) is 8.23. The third-order valence-corrected chi connectivity index (χ3v) is 4.47. The van der Waals surface area contributed by atoms with Crippen LogP contribution in [0.1, 0.15) is 50.2 Å². The van der Waals surface area contributed by atoms with Crippen molar-refractivity contribution in [2.45, 2.75) is 51.5 Å². The lowest BCUT2D eigenvalue weighted by atomic mass is 10.0. The molecule has 2 rings (SSSR count). The van der Waals surface area contributed by atoms with Gasteiger partial charge in [-0.3, -0.25) is 0 Å². The fourth-order valence-electron chi connectivity index (χ4n) is 2.93. The maximum absolute atomic E-state index is 4.22. The second-order valence-electron chi connectivity index (χ2n) is 6.35. The van der Waals surface area contributed by atoms with E-state index in [0.29, 0.717) is 6.04 Å². The minimum Gasteiger partial charge on any atom is -0.382 e. The number of hydrogen-bond acceptors (Lipinski definition) is 2. The average molecular weight is 286 g/mol. The first kappa shape index (κ1) is 16.1. The normalized spacial score (nSPS) is 16.9. The van der Waals surface area contributed by atoms with Gasteiger partial charge in [0.05, 0.1) is 0 Å². The molecule has 116 valence electrons. The summed E-state index contributed by atoms with van der Waals surface area (Å²) in [6.45, 7) is 8.83. The number of benzene rings is 1. The minimum atomic E-state index is 0.581. The Morgan fingerprint density at radius 3 is 2.48 bits per heavy atom. The van der Waals surface area contributed by atoms with Gasteiger partial charge in [0, 0.05) is 11.7 Å². The van der Waals surface area contributed by atoms with E-state index in [9.17, 15) is 0 Å². The van der Waals surface area contributed by atoms with Crippen LogP contribution in [0.5, 0.6) is 0 Å². The monoisotopic (exact) mass is 286 g/mol. The van der Waals surface area contributed by atoms with Gasteiger partial charge in [-0.25, -0.2) is 0 Å². The van der Waals surface area contributed by atoms with Crippen molar-refractivity contribution in [2.75, 3.05) is 20.1 Å². The number of rotatable bonds is 7. The first-order valence-corrected chi connectivity index (χ1v) is 8.42. The van der Waals surface area contributed by atoms with Gasteiger partial charge in [-0.05, 0) is 56.9 Å². The summed E-state index contributed by atoms with van der Waals surface area (Å²) in [6, 6.07) is 9.52. The zero-order valence-electron chi connectivity index (χ0n) is 13.7. The summed E-state index contributed by atoms with van der Waals surface area (Å²) in [5, 5.41) is 3.61. The summed E-state index contributed by atoms with van der Waals surface area (Å²) in [5.41, 5.74) is 3.75. The first-order chi connectivity index (χ1) is 10.2. The van der Waals surface area contributed by atoms with E-state index in [1.807, 2.05) is 0 Å². The van der Waals surface area contributed by atoms with E-state index in [1.165, 1.54) is 62.7 Å². The SMILES string of the molecule is C=C(NC1CCN(C)CC1)c1ccc(CCCCC)cc1. The molecular formula is C19H30N2. The summed E-state index contributed by atoms with van der Waals surface area (Å²) in [4.78, 5) is 2.39. The highest BCUT2D eigenvalue weighted by molar-refractivity contribution is 5.62.